The van der Waals surface area contributed by atoms with Crippen molar-refractivity contribution in [2.75, 3.05) is 6.54 Å². The highest BCUT2D eigenvalue weighted by molar-refractivity contribution is 7.10. The van der Waals surface area contributed by atoms with Crippen LogP contribution in [0.25, 0.3) is 0 Å². The summed E-state index contributed by atoms with van der Waals surface area (Å²) in [6.07, 6.45) is 0. The van der Waals surface area contributed by atoms with Crippen molar-refractivity contribution < 1.29 is 0 Å². The zero-order valence-electron chi connectivity index (χ0n) is 12.7. The molecule has 0 fully saturated rings. The minimum atomic E-state index is 0.482. The number of nitrogens with zero attached hydrogens (tertiary/aromatic N) is 2. The van der Waals surface area contributed by atoms with Gasteiger partial charge < -0.3 is 10.6 Å². The van der Waals surface area contributed by atoms with Crippen LogP contribution in [0.1, 0.15) is 42.3 Å². The van der Waals surface area contributed by atoms with Gasteiger partial charge in [-0.3, -0.25) is 0 Å². The van der Waals surface area contributed by atoms with E-state index >= 15 is 0 Å². The van der Waals surface area contributed by atoms with Crippen LogP contribution in [0, 0.1) is 0 Å². The van der Waals surface area contributed by atoms with Gasteiger partial charge in [0.15, 0.2) is 5.96 Å². The summed E-state index contributed by atoms with van der Waals surface area (Å²) in [4.78, 5) is 10.5. The Kier molecular flexibility index (Phi) is 6.20. The predicted octanol–water partition coefficient (Wildman–Crippen LogP) is 3.58. The van der Waals surface area contributed by atoms with Crippen molar-refractivity contribution in [3.63, 3.8) is 0 Å². The van der Waals surface area contributed by atoms with Crippen LogP contribution in [0.5, 0.6) is 0 Å². The van der Waals surface area contributed by atoms with Crippen LogP contribution in [-0.4, -0.2) is 17.5 Å². The van der Waals surface area contributed by atoms with E-state index in [2.05, 4.69) is 64.3 Å². The Morgan fingerprint density at radius 2 is 2.19 bits per heavy atom. The first-order valence-electron chi connectivity index (χ1n) is 7.18. The zero-order valence-corrected chi connectivity index (χ0v) is 14.4. The average Bonchev–Trinajstić information content (AvgIpc) is 3.13. The van der Waals surface area contributed by atoms with Gasteiger partial charge in [0, 0.05) is 16.8 Å². The molecule has 0 aliphatic heterocycles. The van der Waals surface area contributed by atoms with E-state index in [1.54, 1.807) is 22.7 Å². The van der Waals surface area contributed by atoms with Crippen molar-refractivity contribution in [2.45, 2.75) is 39.8 Å². The number of hydrogen-bond acceptors (Lipinski definition) is 4. The van der Waals surface area contributed by atoms with Gasteiger partial charge in [-0.25, -0.2) is 9.98 Å². The molecule has 0 aliphatic rings. The maximum absolute atomic E-state index is 4.63. The summed E-state index contributed by atoms with van der Waals surface area (Å²) in [5.41, 5.74) is 1.16. The van der Waals surface area contributed by atoms with E-state index in [1.807, 2.05) is 0 Å². The number of hydrogen-bond donors (Lipinski definition) is 2. The highest BCUT2D eigenvalue weighted by Gasteiger charge is 2.06. The summed E-state index contributed by atoms with van der Waals surface area (Å²) in [5.74, 6) is 1.32. The predicted molar refractivity (Wildman–Crippen MR) is 92.2 cm³/mol. The molecule has 0 aromatic carbocycles. The first-order chi connectivity index (χ1) is 10.2. The normalized spacial score (nSPS) is 11.9. The van der Waals surface area contributed by atoms with Gasteiger partial charge in [0.25, 0.3) is 0 Å². The van der Waals surface area contributed by atoms with E-state index < -0.39 is 0 Å². The van der Waals surface area contributed by atoms with Crippen LogP contribution in [0.4, 0.5) is 0 Å². The van der Waals surface area contributed by atoms with Gasteiger partial charge in [0.1, 0.15) is 5.01 Å². The Labute approximate surface area is 134 Å². The molecule has 2 aromatic rings. The molecule has 0 spiro atoms. The maximum Gasteiger partial charge on any atom is 0.191 e. The first kappa shape index (κ1) is 16.0. The van der Waals surface area contributed by atoms with E-state index in [1.165, 1.54) is 4.88 Å². The van der Waals surface area contributed by atoms with Gasteiger partial charge in [0.05, 0.1) is 18.8 Å². The van der Waals surface area contributed by atoms with Crippen LogP contribution in [0.15, 0.2) is 27.9 Å². The summed E-state index contributed by atoms with van der Waals surface area (Å²) in [7, 11) is 0. The summed E-state index contributed by atoms with van der Waals surface area (Å²) < 4.78 is 0. The molecule has 0 bridgehead atoms. The molecule has 2 N–H and O–H groups in total. The third-order valence-electron chi connectivity index (χ3n) is 2.89. The second-order valence-corrected chi connectivity index (χ2v) is 6.92. The Hall–Kier alpha value is -1.40. The van der Waals surface area contributed by atoms with Crippen molar-refractivity contribution in [3.8, 4) is 0 Å². The number of nitrogens with one attached hydrogen (secondary N) is 2. The molecule has 0 radical (unpaired) electrons. The van der Waals surface area contributed by atoms with Crippen LogP contribution in [0.3, 0.4) is 0 Å². The highest BCUT2D eigenvalue weighted by Crippen LogP contribution is 2.17. The van der Waals surface area contributed by atoms with Gasteiger partial charge >= 0.3 is 0 Å². The van der Waals surface area contributed by atoms with Crippen molar-refractivity contribution >= 4 is 28.6 Å². The lowest BCUT2D eigenvalue weighted by Gasteiger charge is -2.09. The number of rotatable bonds is 6. The summed E-state index contributed by atoms with van der Waals surface area (Å²) in [6, 6.07) is 4.16. The van der Waals surface area contributed by atoms with Crippen LogP contribution in [0.2, 0.25) is 0 Å². The van der Waals surface area contributed by atoms with E-state index in [4.69, 9.17) is 0 Å². The van der Waals surface area contributed by atoms with Crippen molar-refractivity contribution in [2.24, 2.45) is 4.99 Å². The molecule has 0 aliphatic carbocycles. The molecule has 21 heavy (non-hydrogen) atoms. The molecule has 0 atom stereocenters. The lowest BCUT2D eigenvalue weighted by Crippen LogP contribution is -2.36. The second kappa shape index (κ2) is 8.14. The van der Waals surface area contributed by atoms with E-state index in [0.717, 1.165) is 23.2 Å². The van der Waals surface area contributed by atoms with Crippen molar-refractivity contribution in [3.05, 3.63) is 38.5 Å². The molecule has 2 rings (SSSR count). The topological polar surface area (TPSA) is 49.3 Å². The lowest BCUT2D eigenvalue weighted by molar-refractivity contribution is 0.788. The Morgan fingerprint density at radius 1 is 1.33 bits per heavy atom. The number of thiophene rings is 1. The molecule has 2 heterocycles. The SMILES string of the molecule is CCNC(=NCc1cccs1)NCc1nc(C(C)C)cs1. The van der Waals surface area contributed by atoms with Gasteiger partial charge in [-0.2, -0.15) is 0 Å². The Balaban J connectivity index is 1.91. The van der Waals surface area contributed by atoms with Crippen LogP contribution < -0.4 is 10.6 Å². The molecule has 114 valence electrons. The van der Waals surface area contributed by atoms with Crippen LogP contribution >= 0.6 is 22.7 Å². The lowest BCUT2D eigenvalue weighted by atomic mass is 10.2. The monoisotopic (exact) mass is 322 g/mol. The van der Waals surface area contributed by atoms with E-state index in [9.17, 15) is 0 Å². The molecular formula is C15H22N4S2. The van der Waals surface area contributed by atoms with E-state index in [0.29, 0.717) is 19.0 Å². The van der Waals surface area contributed by atoms with Gasteiger partial charge in [0.2, 0.25) is 0 Å². The molecular weight excluding hydrogens is 300 g/mol. The number of guanidine groups is 1. The minimum Gasteiger partial charge on any atom is -0.357 e. The van der Waals surface area contributed by atoms with Crippen molar-refractivity contribution in [1.29, 1.82) is 0 Å². The molecule has 0 unspecified atom stereocenters. The maximum atomic E-state index is 4.63. The summed E-state index contributed by atoms with van der Waals surface area (Å²) in [6.45, 7) is 8.68. The first-order valence-corrected chi connectivity index (χ1v) is 8.93. The highest BCUT2D eigenvalue weighted by atomic mass is 32.1. The zero-order chi connectivity index (χ0) is 15.1. The molecule has 2 aromatic heterocycles. The summed E-state index contributed by atoms with van der Waals surface area (Å²) >= 11 is 3.43. The molecule has 0 amide bonds. The Morgan fingerprint density at radius 3 is 2.81 bits per heavy atom. The van der Waals surface area contributed by atoms with Crippen LogP contribution in [-0.2, 0) is 13.1 Å². The van der Waals surface area contributed by atoms with Gasteiger partial charge in [-0.05, 0) is 24.3 Å². The fourth-order valence-electron chi connectivity index (χ4n) is 1.73. The third-order valence-corrected chi connectivity index (χ3v) is 4.61. The van der Waals surface area contributed by atoms with Gasteiger partial charge in [-0.1, -0.05) is 19.9 Å². The quantitative estimate of drug-likeness (QED) is 0.631. The van der Waals surface area contributed by atoms with Crippen molar-refractivity contribution in [1.82, 2.24) is 15.6 Å². The third kappa shape index (κ3) is 5.13. The Bertz CT molecular complexity index is 558. The number of thiazole rings is 1. The fraction of sp³-hybridized carbons (Fsp3) is 0.467. The number of aliphatic imine (C=N–C) groups is 1. The smallest absolute Gasteiger partial charge is 0.191 e. The van der Waals surface area contributed by atoms with Gasteiger partial charge in [-0.15, -0.1) is 22.7 Å². The molecule has 0 saturated carbocycles. The average molecular weight is 323 g/mol. The molecule has 6 heteroatoms. The largest absolute Gasteiger partial charge is 0.357 e. The standard InChI is InChI=1S/C15H22N4S2/c1-4-16-15(17-8-12-6-5-7-20-12)18-9-14-19-13(10-21-14)11(2)3/h5-7,10-11H,4,8-9H2,1-3H3,(H2,16,17,18). The summed E-state index contributed by atoms with van der Waals surface area (Å²) in [5, 5.41) is 11.9. The van der Waals surface area contributed by atoms with E-state index in [-0.39, 0.29) is 0 Å². The number of aromatic nitrogens is 1. The second-order valence-electron chi connectivity index (χ2n) is 4.95. The molecule has 4 nitrogen and oxygen atoms in total. The minimum absolute atomic E-state index is 0.482. The molecule has 0 saturated heterocycles. The fourth-order valence-corrected chi connectivity index (χ4v) is 3.26.